The van der Waals surface area contributed by atoms with Gasteiger partial charge in [-0.15, -0.1) is 19.6 Å². The normalized spacial score (nSPS) is 11.3. The van der Waals surface area contributed by atoms with E-state index in [1.165, 1.54) is 9.08 Å². The minimum atomic E-state index is -0.385. The summed E-state index contributed by atoms with van der Waals surface area (Å²) in [6.07, 6.45) is 0. The molecule has 5 aromatic rings. The molecule has 3 N–H and O–H groups in total. The topological polar surface area (TPSA) is 133 Å². The first-order valence-corrected chi connectivity index (χ1v) is 10.0. The van der Waals surface area contributed by atoms with Crippen molar-refractivity contribution in [1.82, 2.24) is 29.9 Å². The molecule has 10 heteroatoms. The van der Waals surface area contributed by atoms with Gasteiger partial charge in [0.1, 0.15) is 5.69 Å². The third-order valence-corrected chi connectivity index (χ3v) is 5.09. The van der Waals surface area contributed by atoms with Gasteiger partial charge in [0.05, 0.1) is 5.56 Å². The number of nitrogens with zero attached hydrogens (tertiary/aromatic N) is 6. The number of anilines is 1. The van der Waals surface area contributed by atoms with Crippen LogP contribution in [0.1, 0.15) is 23.2 Å². The number of benzene rings is 1. The summed E-state index contributed by atoms with van der Waals surface area (Å²) < 4.78 is 8.17. The van der Waals surface area contributed by atoms with E-state index in [9.17, 15) is 4.79 Å². The summed E-state index contributed by atoms with van der Waals surface area (Å²) in [4.78, 5) is 22.3. The molecular weight excluding hydrogens is 408 g/mol. The third kappa shape index (κ3) is 3.31. The van der Waals surface area contributed by atoms with Crippen LogP contribution in [-0.2, 0) is 6.54 Å². The SMILES string of the molecule is Cc1cc(-c2c(-c3ccccc3)nc(N)[n+]3c(=O)n(Cc4nnc(C)o4)[nH]c23)cc(C)n1. The summed E-state index contributed by atoms with van der Waals surface area (Å²) in [5, 5.41) is 11.0. The molecule has 1 aromatic carbocycles. The zero-order chi connectivity index (χ0) is 22.4. The van der Waals surface area contributed by atoms with E-state index in [0.717, 1.165) is 28.1 Å². The first-order valence-electron chi connectivity index (χ1n) is 10.0. The van der Waals surface area contributed by atoms with E-state index < -0.39 is 0 Å². The second kappa shape index (κ2) is 7.41. The lowest BCUT2D eigenvalue weighted by Crippen LogP contribution is -2.44. The zero-order valence-corrected chi connectivity index (χ0v) is 17.8. The Hall–Kier alpha value is -4.34. The molecule has 5 rings (SSSR count). The number of nitrogens with one attached hydrogen (secondary N) is 1. The number of fused-ring (bicyclic) bond motifs is 1. The predicted molar refractivity (Wildman–Crippen MR) is 117 cm³/mol. The lowest BCUT2D eigenvalue weighted by Gasteiger charge is -2.10. The van der Waals surface area contributed by atoms with Crippen molar-refractivity contribution in [2.45, 2.75) is 27.3 Å². The van der Waals surface area contributed by atoms with Gasteiger partial charge in [0.2, 0.25) is 17.4 Å². The molecule has 0 spiro atoms. The van der Waals surface area contributed by atoms with Crippen molar-refractivity contribution in [2.24, 2.45) is 0 Å². The number of rotatable bonds is 4. The molecule has 0 saturated heterocycles. The van der Waals surface area contributed by atoms with Gasteiger partial charge in [-0.1, -0.05) is 30.3 Å². The van der Waals surface area contributed by atoms with Gasteiger partial charge >= 0.3 is 11.6 Å². The molecular formula is C22H21N8O2+. The standard InChI is InChI=1S/C22H20N8O2/c1-12-9-16(10-13(2)24-12)18-19(15-7-5-4-6-8-15)25-21(23)30-20(18)28-29(22(30)31)11-17-27-26-14(3)32-17/h4-10H,11H2,1-3H3,(H2,23,24,25,28)/p+1. The molecule has 32 heavy (non-hydrogen) atoms. The Morgan fingerprint density at radius 3 is 2.41 bits per heavy atom. The average Bonchev–Trinajstić information content (AvgIpc) is 3.31. The van der Waals surface area contributed by atoms with Crippen LogP contribution in [0.2, 0.25) is 0 Å². The van der Waals surface area contributed by atoms with Crippen LogP contribution in [0, 0.1) is 20.8 Å². The molecule has 0 atom stereocenters. The van der Waals surface area contributed by atoms with Crippen molar-refractivity contribution in [3.05, 3.63) is 76.1 Å². The number of nitrogens with two attached hydrogens (primary N) is 1. The molecule has 160 valence electrons. The molecule has 0 aliphatic heterocycles. The van der Waals surface area contributed by atoms with E-state index >= 15 is 0 Å². The maximum Gasteiger partial charge on any atom is 0.428 e. The molecule has 0 aliphatic rings. The number of nitrogen functional groups attached to an aromatic ring is 1. The van der Waals surface area contributed by atoms with E-state index in [0.29, 0.717) is 23.1 Å². The fraction of sp³-hybridized carbons (Fsp3) is 0.182. The molecule has 4 heterocycles. The van der Waals surface area contributed by atoms with Gasteiger partial charge in [0.15, 0.2) is 6.54 Å². The quantitative estimate of drug-likeness (QED) is 0.417. The van der Waals surface area contributed by atoms with Crippen molar-refractivity contribution < 1.29 is 8.82 Å². The molecule has 4 aromatic heterocycles. The van der Waals surface area contributed by atoms with Crippen LogP contribution in [0.25, 0.3) is 28.0 Å². The molecule has 0 bridgehead atoms. The molecule has 0 saturated carbocycles. The van der Waals surface area contributed by atoms with Crippen molar-refractivity contribution >= 4 is 11.6 Å². The number of aryl methyl sites for hydroxylation is 3. The highest BCUT2D eigenvalue weighted by molar-refractivity contribution is 5.88. The minimum absolute atomic E-state index is 0.0758. The molecule has 0 fully saturated rings. The lowest BCUT2D eigenvalue weighted by atomic mass is 9.99. The van der Waals surface area contributed by atoms with Gasteiger partial charge < -0.3 is 10.2 Å². The summed E-state index contributed by atoms with van der Waals surface area (Å²) in [7, 11) is 0. The highest BCUT2D eigenvalue weighted by Gasteiger charge is 2.26. The van der Waals surface area contributed by atoms with Gasteiger partial charge in [-0.05, 0) is 31.5 Å². The fourth-order valence-electron chi connectivity index (χ4n) is 3.86. The Morgan fingerprint density at radius 2 is 1.75 bits per heavy atom. The summed E-state index contributed by atoms with van der Waals surface area (Å²) >= 11 is 0. The number of hydrogen-bond donors (Lipinski definition) is 2. The average molecular weight is 429 g/mol. The highest BCUT2D eigenvalue weighted by Crippen LogP contribution is 2.33. The van der Waals surface area contributed by atoms with Crippen molar-refractivity contribution in [1.29, 1.82) is 0 Å². The van der Waals surface area contributed by atoms with Crippen LogP contribution in [0.3, 0.4) is 0 Å². The maximum absolute atomic E-state index is 13.2. The fourth-order valence-corrected chi connectivity index (χ4v) is 3.86. The van der Waals surface area contributed by atoms with Gasteiger partial charge in [0.25, 0.3) is 0 Å². The highest BCUT2D eigenvalue weighted by atomic mass is 16.4. The van der Waals surface area contributed by atoms with Crippen molar-refractivity contribution in [3.63, 3.8) is 0 Å². The zero-order valence-electron chi connectivity index (χ0n) is 17.8. The van der Waals surface area contributed by atoms with Crippen LogP contribution in [0.15, 0.2) is 51.7 Å². The molecule has 0 unspecified atom stereocenters. The Kier molecular flexibility index (Phi) is 4.54. The summed E-state index contributed by atoms with van der Waals surface area (Å²) in [6.45, 7) is 5.63. The third-order valence-electron chi connectivity index (χ3n) is 5.09. The second-order valence-electron chi connectivity index (χ2n) is 7.58. The molecule has 0 amide bonds. The van der Waals surface area contributed by atoms with Crippen LogP contribution in [0.4, 0.5) is 5.95 Å². The first kappa shape index (κ1) is 19.6. The molecule has 0 aliphatic carbocycles. The van der Waals surface area contributed by atoms with Crippen molar-refractivity contribution in [3.8, 4) is 22.4 Å². The van der Waals surface area contributed by atoms with E-state index in [4.69, 9.17) is 10.2 Å². The van der Waals surface area contributed by atoms with Gasteiger partial charge in [-0.3, -0.25) is 4.98 Å². The van der Waals surface area contributed by atoms with Gasteiger partial charge in [0, 0.05) is 23.9 Å². The van der Waals surface area contributed by atoms with E-state index in [2.05, 4.69) is 25.3 Å². The van der Waals surface area contributed by atoms with Crippen LogP contribution in [-0.4, -0.2) is 29.9 Å². The number of aromatic amines is 1. The Balaban J connectivity index is 1.83. The van der Waals surface area contributed by atoms with E-state index in [1.54, 1.807) is 6.92 Å². The van der Waals surface area contributed by atoms with Gasteiger partial charge in [-0.25, -0.2) is 9.89 Å². The van der Waals surface area contributed by atoms with Crippen LogP contribution < -0.4 is 15.8 Å². The van der Waals surface area contributed by atoms with Crippen LogP contribution in [0.5, 0.6) is 0 Å². The number of pyridine rings is 1. The number of hydrogen-bond acceptors (Lipinski definition) is 7. The number of aromatic nitrogens is 7. The predicted octanol–water partition coefficient (Wildman–Crippen LogP) is 1.98. The smallest absolute Gasteiger partial charge is 0.423 e. The largest absolute Gasteiger partial charge is 0.428 e. The summed E-state index contributed by atoms with van der Waals surface area (Å²) in [5.74, 6) is 0.809. The Morgan fingerprint density at radius 1 is 1.03 bits per heavy atom. The van der Waals surface area contributed by atoms with Crippen molar-refractivity contribution in [2.75, 3.05) is 5.73 Å². The summed E-state index contributed by atoms with van der Waals surface area (Å²) in [6, 6.07) is 13.6. The lowest BCUT2D eigenvalue weighted by molar-refractivity contribution is -0.516. The van der Waals surface area contributed by atoms with Gasteiger partial charge in [-0.2, -0.15) is 4.68 Å². The van der Waals surface area contributed by atoms with E-state index in [1.807, 2.05) is 56.3 Å². The second-order valence-corrected chi connectivity index (χ2v) is 7.58. The minimum Gasteiger partial charge on any atom is -0.423 e. The summed E-state index contributed by atoms with van der Waals surface area (Å²) in [5.41, 5.74) is 11.3. The monoisotopic (exact) mass is 429 g/mol. The molecule has 10 nitrogen and oxygen atoms in total. The Labute approximate surface area is 182 Å². The first-order chi connectivity index (χ1) is 15.4. The maximum atomic E-state index is 13.2. The number of H-pyrrole nitrogens is 1. The molecule has 0 radical (unpaired) electrons. The van der Waals surface area contributed by atoms with E-state index in [-0.39, 0.29) is 18.2 Å². The Bertz CT molecular complexity index is 1490. The van der Waals surface area contributed by atoms with Crippen LogP contribution >= 0.6 is 0 Å².